The molecule has 1 aliphatic heterocycles. The lowest BCUT2D eigenvalue weighted by atomic mass is 10.1. The Morgan fingerprint density at radius 3 is 2.52 bits per heavy atom. The van der Waals surface area contributed by atoms with Gasteiger partial charge in [0.05, 0.1) is 4.90 Å². The number of sulfonamides is 1. The van der Waals surface area contributed by atoms with Crippen LogP contribution in [-0.4, -0.2) is 27.5 Å². The minimum Gasteiger partial charge on any atom is -0.486 e. The quantitative estimate of drug-likeness (QED) is 0.614. The van der Waals surface area contributed by atoms with Gasteiger partial charge in [-0.3, -0.25) is 9.52 Å². The number of rotatable bonds is 6. The molecule has 160 valence electrons. The summed E-state index contributed by atoms with van der Waals surface area (Å²) >= 11 is 0. The molecular weight excluding hydrogens is 416 g/mol. The lowest BCUT2D eigenvalue weighted by Crippen LogP contribution is -2.23. The van der Waals surface area contributed by atoms with Crippen molar-refractivity contribution in [1.82, 2.24) is 5.32 Å². The molecule has 1 heterocycles. The van der Waals surface area contributed by atoms with E-state index in [0.717, 1.165) is 11.1 Å². The van der Waals surface area contributed by atoms with Crippen molar-refractivity contribution < 1.29 is 22.7 Å². The van der Waals surface area contributed by atoms with Gasteiger partial charge in [-0.05, 0) is 48.4 Å². The van der Waals surface area contributed by atoms with Gasteiger partial charge in [-0.1, -0.05) is 30.3 Å². The first kappa shape index (κ1) is 20.7. The zero-order valence-electron chi connectivity index (χ0n) is 16.9. The molecule has 0 atom stereocenters. The standard InChI is InChI=1S/C23H22N2O5S/c1-16-5-2-3-6-18(16)15-24-23(26)17-7-4-8-19(13-17)25-31(27,28)20-9-10-21-22(14-20)30-12-11-29-21/h2-10,13-14,25H,11-12,15H2,1H3,(H,24,26). The monoisotopic (exact) mass is 438 g/mol. The van der Waals surface area contributed by atoms with Crippen LogP contribution in [0, 0.1) is 6.92 Å². The van der Waals surface area contributed by atoms with Crippen LogP contribution in [0.2, 0.25) is 0 Å². The molecule has 0 fully saturated rings. The minimum absolute atomic E-state index is 0.0474. The van der Waals surface area contributed by atoms with Crippen molar-refractivity contribution in [3.05, 3.63) is 83.4 Å². The van der Waals surface area contributed by atoms with Gasteiger partial charge >= 0.3 is 0 Å². The van der Waals surface area contributed by atoms with Crippen molar-refractivity contribution in [3.8, 4) is 11.5 Å². The molecular formula is C23H22N2O5S. The number of amides is 1. The second kappa shape index (κ2) is 8.69. The molecule has 8 heteroatoms. The van der Waals surface area contributed by atoms with E-state index in [-0.39, 0.29) is 10.8 Å². The van der Waals surface area contributed by atoms with Crippen LogP contribution in [0.25, 0.3) is 0 Å². The van der Waals surface area contributed by atoms with E-state index in [1.54, 1.807) is 24.3 Å². The second-order valence-electron chi connectivity index (χ2n) is 7.10. The normalized spacial score (nSPS) is 12.8. The number of benzene rings is 3. The third-order valence-electron chi connectivity index (χ3n) is 4.90. The summed E-state index contributed by atoms with van der Waals surface area (Å²) in [4.78, 5) is 12.6. The number of carbonyl (C=O) groups excluding carboxylic acids is 1. The van der Waals surface area contributed by atoms with E-state index in [2.05, 4.69) is 10.0 Å². The molecule has 7 nitrogen and oxygen atoms in total. The van der Waals surface area contributed by atoms with Crippen LogP contribution >= 0.6 is 0 Å². The van der Waals surface area contributed by atoms with Crippen molar-refractivity contribution in [3.63, 3.8) is 0 Å². The molecule has 1 aliphatic rings. The molecule has 31 heavy (non-hydrogen) atoms. The first-order chi connectivity index (χ1) is 14.9. The lowest BCUT2D eigenvalue weighted by Gasteiger charge is -2.19. The molecule has 3 aromatic rings. The number of nitrogens with one attached hydrogen (secondary N) is 2. The fourth-order valence-corrected chi connectivity index (χ4v) is 4.28. The largest absolute Gasteiger partial charge is 0.486 e. The fraction of sp³-hybridized carbons (Fsp3) is 0.174. The van der Waals surface area contributed by atoms with Crippen LogP contribution in [0.1, 0.15) is 21.5 Å². The number of ether oxygens (including phenoxy) is 2. The first-order valence-corrected chi connectivity index (χ1v) is 11.3. The SMILES string of the molecule is Cc1ccccc1CNC(=O)c1cccc(NS(=O)(=O)c2ccc3c(c2)OCCO3)c1. The number of hydrogen-bond donors (Lipinski definition) is 2. The van der Waals surface area contributed by atoms with E-state index in [1.165, 1.54) is 18.2 Å². The van der Waals surface area contributed by atoms with E-state index in [4.69, 9.17) is 9.47 Å². The van der Waals surface area contributed by atoms with Crippen molar-refractivity contribution >= 4 is 21.6 Å². The highest BCUT2D eigenvalue weighted by atomic mass is 32.2. The Balaban J connectivity index is 1.47. The van der Waals surface area contributed by atoms with Crippen molar-refractivity contribution in [2.75, 3.05) is 17.9 Å². The molecule has 1 amide bonds. The van der Waals surface area contributed by atoms with E-state index in [9.17, 15) is 13.2 Å². The summed E-state index contributed by atoms with van der Waals surface area (Å²) in [7, 11) is -3.87. The maximum atomic E-state index is 12.8. The molecule has 0 unspecified atom stereocenters. The van der Waals surface area contributed by atoms with Gasteiger partial charge in [-0.25, -0.2) is 8.42 Å². The van der Waals surface area contributed by atoms with E-state index in [1.807, 2.05) is 31.2 Å². The third kappa shape index (κ3) is 4.80. The van der Waals surface area contributed by atoms with Crippen LogP contribution in [0.5, 0.6) is 11.5 Å². The first-order valence-electron chi connectivity index (χ1n) is 9.78. The van der Waals surface area contributed by atoms with Crippen LogP contribution in [-0.2, 0) is 16.6 Å². The molecule has 0 bridgehead atoms. The van der Waals surface area contributed by atoms with Crippen LogP contribution < -0.4 is 19.5 Å². The second-order valence-corrected chi connectivity index (χ2v) is 8.78. The predicted molar refractivity (Wildman–Crippen MR) is 117 cm³/mol. The topological polar surface area (TPSA) is 93.7 Å². The summed E-state index contributed by atoms with van der Waals surface area (Å²) < 4.78 is 39.0. The van der Waals surface area contributed by atoms with E-state index >= 15 is 0 Å². The van der Waals surface area contributed by atoms with Crippen molar-refractivity contribution in [2.24, 2.45) is 0 Å². The van der Waals surface area contributed by atoms with Gasteiger partial charge in [0.25, 0.3) is 15.9 Å². The summed E-state index contributed by atoms with van der Waals surface area (Å²) in [5.74, 6) is 0.611. The zero-order chi connectivity index (χ0) is 21.8. The lowest BCUT2D eigenvalue weighted by molar-refractivity contribution is 0.0951. The van der Waals surface area contributed by atoms with E-state index < -0.39 is 10.0 Å². The number of aryl methyl sites for hydroxylation is 1. The highest BCUT2D eigenvalue weighted by Gasteiger charge is 2.20. The van der Waals surface area contributed by atoms with Gasteiger partial charge in [0.2, 0.25) is 0 Å². The highest BCUT2D eigenvalue weighted by Crippen LogP contribution is 2.32. The molecule has 0 radical (unpaired) electrons. The third-order valence-corrected chi connectivity index (χ3v) is 6.28. The average Bonchev–Trinajstić information content (AvgIpc) is 2.78. The zero-order valence-corrected chi connectivity index (χ0v) is 17.7. The van der Waals surface area contributed by atoms with E-state index in [0.29, 0.717) is 42.5 Å². The Bertz CT molecular complexity index is 1220. The summed E-state index contributed by atoms with van der Waals surface area (Å²) in [5, 5.41) is 2.87. The van der Waals surface area contributed by atoms with Gasteiger partial charge in [0, 0.05) is 23.9 Å². The number of fused-ring (bicyclic) bond motifs is 1. The van der Waals surface area contributed by atoms with Crippen molar-refractivity contribution in [1.29, 1.82) is 0 Å². The minimum atomic E-state index is -3.87. The average molecular weight is 439 g/mol. The summed E-state index contributed by atoms with van der Waals surface area (Å²) in [6, 6.07) is 18.6. The van der Waals surface area contributed by atoms with Crippen LogP contribution in [0.4, 0.5) is 5.69 Å². The summed E-state index contributed by atoms with van der Waals surface area (Å²) in [6.07, 6.45) is 0. The molecule has 0 saturated heterocycles. The Kier molecular flexibility index (Phi) is 5.81. The Hall–Kier alpha value is -3.52. The smallest absolute Gasteiger partial charge is 0.262 e. The molecule has 2 N–H and O–H groups in total. The highest BCUT2D eigenvalue weighted by molar-refractivity contribution is 7.92. The van der Waals surface area contributed by atoms with Gasteiger partial charge in [0.1, 0.15) is 13.2 Å². The van der Waals surface area contributed by atoms with Gasteiger partial charge < -0.3 is 14.8 Å². The van der Waals surface area contributed by atoms with Gasteiger partial charge in [0.15, 0.2) is 11.5 Å². The molecule has 4 rings (SSSR count). The Labute approximate surface area is 181 Å². The molecule has 0 aromatic heterocycles. The van der Waals surface area contributed by atoms with Crippen LogP contribution in [0.3, 0.4) is 0 Å². The maximum absolute atomic E-state index is 12.8. The van der Waals surface area contributed by atoms with Crippen LogP contribution in [0.15, 0.2) is 71.6 Å². The Morgan fingerprint density at radius 2 is 1.71 bits per heavy atom. The van der Waals surface area contributed by atoms with Gasteiger partial charge in [-0.2, -0.15) is 0 Å². The number of carbonyl (C=O) groups is 1. The fourth-order valence-electron chi connectivity index (χ4n) is 3.21. The molecule has 0 aliphatic carbocycles. The predicted octanol–water partition coefficient (Wildman–Crippen LogP) is 3.50. The maximum Gasteiger partial charge on any atom is 0.262 e. The van der Waals surface area contributed by atoms with Gasteiger partial charge in [-0.15, -0.1) is 0 Å². The molecule has 3 aromatic carbocycles. The summed E-state index contributed by atoms with van der Waals surface area (Å²) in [5.41, 5.74) is 2.75. The summed E-state index contributed by atoms with van der Waals surface area (Å²) in [6.45, 7) is 3.16. The number of hydrogen-bond acceptors (Lipinski definition) is 5. The molecule has 0 spiro atoms. The van der Waals surface area contributed by atoms with Crippen molar-refractivity contribution in [2.45, 2.75) is 18.4 Å². The molecule has 0 saturated carbocycles. The Morgan fingerprint density at radius 1 is 0.935 bits per heavy atom. The number of anilines is 1.